The average molecular weight is 421 g/mol. The maximum absolute atomic E-state index is 12.3. The standard InChI is InChI=1S/C20H21F2N3O5/c1-25(11-13-3-2-4-15(9-13)30-19(21)22)12-18(26)24-20(27)23-14-5-6-16-17(10-14)29-8-7-28-16/h2-6,9-10,19H,7-8,11-12H2,1H3,(H2,23,24,26,27). The lowest BCUT2D eigenvalue weighted by atomic mass is 10.2. The molecule has 2 aromatic carbocycles. The summed E-state index contributed by atoms with van der Waals surface area (Å²) in [6, 6.07) is 10.4. The summed E-state index contributed by atoms with van der Waals surface area (Å²) in [7, 11) is 1.67. The molecule has 10 heteroatoms. The molecule has 1 aliphatic heterocycles. The van der Waals surface area contributed by atoms with Crippen molar-refractivity contribution in [3.63, 3.8) is 0 Å². The average Bonchev–Trinajstić information content (AvgIpc) is 2.67. The topological polar surface area (TPSA) is 89.1 Å². The number of carbonyl (C=O) groups is 2. The van der Waals surface area contributed by atoms with Crippen LogP contribution in [0.15, 0.2) is 42.5 Å². The lowest BCUT2D eigenvalue weighted by Crippen LogP contribution is -2.40. The highest BCUT2D eigenvalue weighted by Crippen LogP contribution is 2.32. The summed E-state index contributed by atoms with van der Waals surface area (Å²) in [5, 5.41) is 4.80. The molecular formula is C20H21F2N3O5. The van der Waals surface area contributed by atoms with E-state index < -0.39 is 18.5 Å². The molecule has 2 aromatic rings. The van der Waals surface area contributed by atoms with Crippen LogP contribution in [-0.4, -0.2) is 50.3 Å². The predicted octanol–water partition coefficient (Wildman–Crippen LogP) is 2.84. The molecular weight excluding hydrogens is 400 g/mol. The van der Waals surface area contributed by atoms with E-state index in [4.69, 9.17) is 9.47 Å². The maximum Gasteiger partial charge on any atom is 0.387 e. The summed E-state index contributed by atoms with van der Waals surface area (Å²) in [6.45, 7) is -1.79. The van der Waals surface area contributed by atoms with Gasteiger partial charge in [-0.25, -0.2) is 4.79 Å². The third-order valence-corrected chi connectivity index (χ3v) is 4.04. The van der Waals surface area contributed by atoms with Crippen molar-refractivity contribution in [3.8, 4) is 17.2 Å². The zero-order valence-electron chi connectivity index (χ0n) is 16.2. The summed E-state index contributed by atoms with van der Waals surface area (Å²) < 4.78 is 39.8. The third-order valence-electron chi connectivity index (χ3n) is 4.04. The minimum Gasteiger partial charge on any atom is -0.486 e. The van der Waals surface area contributed by atoms with Crippen LogP contribution in [0.5, 0.6) is 17.2 Å². The minimum absolute atomic E-state index is 0.0409. The van der Waals surface area contributed by atoms with Gasteiger partial charge in [0.15, 0.2) is 11.5 Å². The van der Waals surface area contributed by atoms with Gasteiger partial charge in [-0.05, 0) is 36.9 Å². The van der Waals surface area contributed by atoms with Crippen LogP contribution in [0.4, 0.5) is 19.3 Å². The number of hydrogen-bond acceptors (Lipinski definition) is 6. The molecule has 0 atom stereocenters. The van der Waals surface area contributed by atoms with Crippen molar-refractivity contribution in [2.75, 3.05) is 32.1 Å². The molecule has 0 fully saturated rings. The van der Waals surface area contributed by atoms with E-state index >= 15 is 0 Å². The molecule has 0 aliphatic carbocycles. The van der Waals surface area contributed by atoms with E-state index in [0.29, 0.717) is 42.5 Å². The Morgan fingerprint density at radius 2 is 1.90 bits per heavy atom. The van der Waals surface area contributed by atoms with Crippen LogP contribution in [-0.2, 0) is 11.3 Å². The second-order valence-corrected chi connectivity index (χ2v) is 6.56. The summed E-state index contributed by atoms with van der Waals surface area (Å²) in [4.78, 5) is 25.8. The number of alkyl halides is 2. The minimum atomic E-state index is -2.91. The summed E-state index contributed by atoms with van der Waals surface area (Å²) in [5.41, 5.74) is 1.14. The Bertz CT molecular complexity index is 910. The second-order valence-electron chi connectivity index (χ2n) is 6.56. The Labute approximate surface area is 171 Å². The molecule has 0 saturated heterocycles. The molecule has 3 rings (SSSR count). The second kappa shape index (κ2) is 9.88. The first-order chi connectivity index (χ1) is 14.4. The molecule has 2 N–H and O–H groups in total. The highest BCUT2D eigenvalue weighted by molar-refractivity contribution is 6.01. The number of nitrogens with one attached hydrogen (secondary N) is 2. The van der Waals surface area contributed by atoms with Gasteiger partial charge in [0.05, 0.1) is 6.54 Å². The fourth-order valence-electron chi connectivity index (χ4n) is 2.88. The number of fused-ring (bicyclic) bond motifs is 1. The first-order valence-electron chi connectivity index (χ1n) is 9.12. The zero-order chi connectivity index (χ0) is 21.5. The van der Waals surface area contributed by atoms with Gasteiger partial charge in [-0.15, -0.1) is 0 Å². The van der Waals surface area contributed by atoms with E-state index in [9.17, 15) is 18.4 Å². The van der Waals surface area contributed by atoms with Crippen molar-refractivity contribution >= 4 is 17.6 Å². The number of urea groups is 1. The Hall–Kier alpha value is -3.40. The number of benzene rings is 2. The number of rotatable bonds is 7. The lowest BCUT2D eigenvalue weighted by Gasteiger charge is -2.19. The fourth-order valence-corrected chi connectivity index (χ4v) is 2.88. The quantitative estimate of drug-likeness (QED) is 0.715. The molecule has 30 heavy (non-hydrogen) atoms. The van der Waals surface area contributed by atoms with Crippen molar-refractivity contribution < 1.29 is 32.6 Å². The Kier molecular flexibility index (Phi) is 7.02. The van der Waals surface area contributed by atoms with E-state index in [1.165, 1.54) is 12.1 Å². The van der Waals surface area contributed by atoms with Gasteiger partial charge in [-0.2, -0.15) is 8.78 Å². The largest absolute Gasteiger partial charge is 0.486 e. The van der Waals surface area contributed by atoms with Crippen LogP contribution in [0.3, 0.4) is 0 Å². The van der Waals surface area contributed by atoms with E-state index in [1.807, 2.05) is 0 Å². The molecule has 0 aromatic heterocycles. The number of imide groups is 1. The van der Waals surface area contributed by atoms with Gasteiger partial charge in [0.2, 0.25) is 5.91 Å². The van der Waals surface area contributed by atoms with Crippen LogP contribution < -0.4 is 24.8 Å². The van der Waals surface area contributed by atoms with Gasteiger partial charge in [0.25, 0.3) is 0 Å². The smallest absolute Gasteiger partial charge is 0.387 e. The molecule has 1 aliphatic rings. The van der Waals surface area contributed by atoms with E-state index in [2.05, 4.69) is 15.4 Å². The number of halogens is 2. The van der Waals surface area contributed by atoms with Crippen LogP contribution >= 0.6 is 0 Å². The molecule has 0 spiro atoms. The molecule has 160 valence electrons. The fraction of sp³-hybridized carbons (Fsp3) is 0.300. The number of ether oxygens (including phenoxy) is 3. The van der Waals surface area contributed by atoms with Crippen molar-refractivity contribution in [1.29, 1.82) is 0 Å². The monoisotopic (exact) mass is 421 g/mol. The Morgan fingerprint density at radius 3 is 2.67 bits per heavy atom. The van der Waals surface area contributed by atoms with Gasteiger partial charge in [-0.3, -0.25) is 15.0 Å². The van der Waals surface area contributed by atoms with Gasteiger partial charge in [0.1, 0.15) is 19.0 Å². The number of carbonyl (C=O) groups excluding carboxylic acids is 2. The molecule has 0 saturated carbocycles. The highest BCUT2D eigenvalue weighted by atomic mass is 19.3. The van der Waals surface area contributed by atoms with Gasteiger partial charge >= 0.3 is 12.6 Å². The number of hydrogen-bond donors (Lipinski definition) is 2. The number of amides is 3. The molecule has 0 radical (unpaired) electrons. The van der Waals surface area contributed by atoms with Crippen molar-refractivity contribution in [2.24, 2.45) is 0 Å². The predicted molar refractivity (Wildman–Crippen MR) is 104 cm³/mol. The van der Waals surface area contributed by atoms with E-state index in [-0.39, 0.29) is 12.3 Å². The first kappa shape index (κ1) is 21.3. The SMILES string of the molecule is CN(CC(=O)NC(=O)Nc1ccc2c(c1)OCCO2)Cc1cccc(OC(F)F)c1. The third kappa shape index (κ3) is 6.31. The zero-order valence-corrected chi connectivity index (χ0v) is 16.2. The van der Waals surface area contributed by atoms with Crippen LogP contribution in [0, 0.1) is 0 Å². The van der Waals surface area contributed by atoms with E-state index in [0.717, 1.165) is 0 Å². The number of anilines is 1. The van der Waals surface area contributed by atoms with Crippen molar-refractivity contribution in [1.82, 2.24) is 10.2 Å². The van der Waals surface area contributed by atoms with Crippen LogP contribution in [0.2, 0.25) is 0 Å². The molecule has 1 heterocycles. The lowest BCUT2D eigenvalue weighted by molar-refractivity contribution is -0.120. The normalized spacial score (nSPS) is 12.6. The van der Waals surface area contributed by atoms with Gasteiger partial charge in [0, 0.05) is 18.3 Å². The highest BCUT2D eigenvalue weighted by Gasteiger charge is 2.15. The van der Waals surface area contributed by atoms with Crippen molar-refractivity contribution in [2.45, 2.75) is 13.2 Å². The molecule has 8 nitrogen and oxygen atoms in total. The maximum atomic E-state index is 12.3. The number of likely N-dealkylation sites (N-methyl/N-ethyl adjacent to an activating group) is 1. The first-order valence-corrected chi connectivity index (χ1v) is 9.12. The number of nitrogens with zero attached hydrogens (tertiary/aromatic N) is 1. The Morgan fingerprint density at radius 1 is 1.13 bits per heavy atom. The molecule has 0 bridgehead atoms. The Balaban J connectivity index is 1.47. The van der Waals surface area contributed by atoms with Crippen LogP contribution in [0.1, 0.15) is 5.56 Å². The summed E-state index contributed by atoms with van der Waals surface area (Å²) in [6.07, 6.45) is 0. The van der Waals surface area contributed by atoms with Gasteiger partial charge < -0.3 is 19.5 Å². The van der Waals surface area contributed by atoms with Crippen molar-refractivity contribution in [3.05, 3.63) is 48.0 Å². The van der Waals surface area contributed by atoms with Gasteiger partial charge in [-0.1, -0.05) is 12.1 Å². The summed E-state index contributed by atoms with van der Waals surface area (Å²) in [5.74, 6) is 0.628. The molecule has 3 amide bonds. The summed E-state index contributed by atoms with van der Waals surface area (Å²) >= 11 is 0. The van der Waals surface area contributed by atoms with Crippen LogP contribution in [0.25, 0.3) is 0 Å². The van der Waals surface area contributed by atoms with E-state index in [1.54, 1.807) is 42.3 Å². The molecule has 0 unspecified atom stereocenters.